The fraction of sp³-hybridized carbons (Fsp3) is 0.278. The van der Waals surface area contributed by atoms with Gasteiger partial charge >= 0.3 is 6.03 Å². The van der Waals surface area contributed by atoms with Crippen LogP contribution in [0.25, 0.3) is 0 Å². The van der Waals surface area contributed by atoms with Crippen LogP contribution in [0.5, 0.6) is 0 Å². The van der Waals surface area contributed by atoms with Gasteiger partial charge in [0.2, 0.25) is 0 Å². The molecule has 0 aromatic heterocycles. The molecule has 1 aliphatic rings. The summed E-state index contributed by atoms with van der Waals surface area (Å²) < 4.78 is 23.2. The second kappa shape index (κ2) is 7.05. The highest BCUT2D eigenvalue weighted by molar-refractivity contribution is 7.91. The van der Waals surface area contributed by atoms with Gasteiger partial charge in [0.1, 0.15) is 0 Å². The van der Waals surface area contributed by atoms with E-state index in [-0.39, 0.29) is 23.6 Å². The lowest BCUT2D eigenvalue weighted by Crippen LogP contribution is -2.45. The predicted molar refractivity (Wildman–Crippen MR) is 94.7 cm³/mol. The van der Waals surface area contributed by atoms with E-state index in [1.807, 2.05) is 60.7 Å². The molecule has 1 heterocycles. The van der Waals surface area contributed by atoms with Crippen molar-refractivity contribution in [1.82, 2.24) is 5.32 Å². The molecule has 2 aromatic rings. The number of carbonyl (C=O) groups excluding carboxylic acids is 1. The van der Waals surface area contributed by atoms with E-state index in [1.165, 1.54) is 0 Å². The maximum absolute atomic E-state index is 12.7. The molecule has 0 saturated carbocycles. The van der Waals surface area contributed by atoms with E-state index in [4.69, 9.17) is 0 Å². The van der Waals surface area contributed by atoms with Gasteiger partial charge in [0.25, 0.3) is 0 Å². The molecular formula is C18H20N2O3S. The Hall–Kier alpha value is -2.34. The molecule has 1 aliphatic heterocycles. The van der Waals surface area contributed by atoms with Crippen LogP contribution in [0.4, 0.5) is 10.5 Å². The number of anilines is 1. The molecule has 5 nitrogen and oxygen atoms in total. The molecule has 0 bridgehead atoms. The summed E-state index contributed by atoms with van der Waals surface area (Å²) in [6.45, 7) is 0.427. The molecule has 2 amide bonds. The van der Waals surface area contributed by atoms with Crippen LogP contribution < -0.4 is 10.2 Å². The van der Waals surface area contributed by atoms with Crippen molar-refractivity contribution in [2.75, 3.05) is 16.4 Å². The molecule has 24 heavy (non-hydrogen) atoms. The molecule has 1 saturated heterocycles. The van der Waals surface area contributed by atoms with Crippen LogP contribution in [-0.4, -0.2) is 32.0 Å². The van der Waals surface area contributed by atoms with Gasteiger partial charge in [-0.25, -0.2) is 13.2 Å². The van der Waals surface area contributed by atoms with Crippen molar-refractivity contribution in [2.45, 2.75) is 19.0 Å². The average molecular weight is 344 g/mol. The van der Waals surface area contributed by atoms with Crippen LogP contribution in [0, 0.1) is 0 Å². The van der Waals surface area contributed by atoms with Crippen molar-refractivity contribution < 1.29 is 13.2 Å². The summed E-state index contributed by atoms with van der Waals surface area (Å²) in [4.78, 5) is 14.4. The largest absolute Gasteiger partial charge is 0.334 e. The van der Waals surface area contributed by atoms with E-state index in [0.29, 0.717) is 13.0 Å². The molecule has 0 spiro atoms. The average Bonchev–Trinajstić information content (AvgIpc) is 2.93. The third-order valence-corrected chi connectivity index (χ3v) is 5.82. The monoisotopic (exact) mass is 344 g/mol. The van der Waals surface area contributed by atoms with Crippen LogP contribution in [0.2, 0.25) is 0 Å². The standard InChI is InChI=1S/C18H20N2O3S/c21-18(19-16-11-12-24(22,23)14-16)20(17-9-5-2-6-10-17)13-15-7-3-1-4-8-15/h1-10,16H,11-14H2,(H,19,21). The van der Waals surface area contributed by atoms with Crippen LogP contribution >= 0.6 is 0 Å². The molecule has 0 radical (unpaired) electrons. The summed E-state index contributed by atoms with van der Waals surface area (Å²) >= 11 is 0. The molecule has 2 aromatic carbocycles. The molecule has 1 unspecified atom stereocenters. The topological polar surface area (TPSA) is 66.5 Å². The number of para-hydroxylation sites is 1. The van der Waals surface area contributed by atoms with Gasteiger partial charge in [-0.1, -0.05) is 48.5 Å². The minimum atomic E-state index is -3.02. The van der Waals surface area contributed by atoms with E-state index in [1.54, 1.807) is 4.90 Å². The summed E-state index contributed by atoms with van der Waals surface area (Å²) in [5.41, 5.74) is 1.79. The maximum Gasteiger partial charge on any atom is 0.322 e. The van der Waals surface area contributed by atoms with Gasteiger partial charge in [0.15, 0.2) is 9.84 Å². The van der Waals surface area contributed by atoms with Crippen molar-refractivity contribution in [1.29, 1.82) is 0 Å². The number of hydrogen-bond donors (Lipinski definition) is 1. The number of urea groups is 1. The van der Waals surface area contributed by atoms with E-state index in [2.05, 4.69) is 5.32 Å². The lowest BCUT2D eigenvalue weighted by Gasteiger charge is -2.25. The van der Waals surface area contributed by atoms with Gasteiger partial charge < -0.3 is 5.32 Å². The molecule has 126 valence electrons. The number of amides is 2. The first-order chi connectivity index (χ1) is 11.5. The van der Waals surface area contributed by atoms with Gasteiger partial charge in [-0.2, -0.15) is 0 Å². The van der Waals surface area contributed by atoms with E-state index >= 15 is 0 Å². The van der Waals surface area contributed by atoms with Crippen molar-refractivity contribution in [2.24, 2.45) is 0 Å². The highest BCUT2D eigenvalue weighted by Gasteiger charge is 2.30. The van der Waals surface area contributed by atoms with Crippen molar-refractivity contribution >= 4 is 21.6 Å². The summed E-state index contributed by atoms with van der Waals surface area (Å²) in [6.07, 6.45) is 0.474. The number of rotatable bonds is 4. The van der Waals surface area contributed by atoms with Gasteiger partial charge in [-0.15, -0.1) is 0 Å². The van der Waals surface area contributed by atoms with Crippen molar-refractivity contribution in [3.8, 4) is 0 Å². The Morgan fingerprint density at radius 2 is 1.67 bits per heavy atom. The first-order valence-corrected chi connectivity index (χ1v) is 9.73. The number of hydrogen-bond acceptors (Lipinski definition) is 3. The number of carbonyl (C=O) groups is 1. The van der Waals surface area contributed by atoms with Gasteiger partial charge in [0, 0.05) is 11.7 Å². The fourth-order valence-electron chi connectivity index (χ4n) is 2.82. The van der Waals surface area contributed by atoms with Crippen LogP contribution in [0.1, 0.15) is 12.0 Å². The summed E-state index contributed by atoms with van der Waals surface area (Å²) in [6, 6.07) is 18.5. The lowest BCUT2D eigenvalue weighted by atomic mass is 10.2. The Kier molecular flexibility index (Phi) is 4.85. The zero-order valence-electron chi connectivity index (χ0n) is 13.3. The molecule has 0 aliphatic carbocycles. The summed E-state index contributed by atoms with van der Waals surface area (Å²) in [5, 5.41) is 2.86. The molecule has 1 N–H and O–H groups in total. The fourth-order valence-corrected chi connectivity index (χ4v) is 4.49. The zero-order valence-corrected chi connectivity index (χ0v) is 14.1. The van der Waals surface area contributed by atoms with E-state index in [9.17, 15) is 13.2 Å². The van der Waals surface area contributed by atoms with Crippen LogP contribution in [-0.2, 0) is 16.4 Å². The molecule has 6 heteroatoms. The van der Waals surface area contributed by atoms with E-state index in [0.717, 1.165) is 11.3 Å². The number of sulfone groups is 1. The molecule has 1 fully saturated rings. The summed E-state index contributed by atoms with van der Waals surface area (Å²) in [7, 11) is -3.02. The zero-order chi connectivity index (χ0) is 17.0. The Morgan fingerprint density at radius 1 is 1.04 bits per heavy atom. The van der Waals surface area contributed by atoms with Gasteiger partial charge in [-0.3, -0.25) is 4.90 Å². The van der Waals surface area contributed by atoms with Crippen LogP contribution in [0.3, 0.4) is 0 Å². The smallest absolute Gasteiger partial charge is 0.322 e. The van der Waals surface area contributed by atoms with Gasteiger partial charge in [-0.05, 0) is 24.1 Å². The van der Waals surface area contributed by atoms with Crippen LogP contribution in [0.15, 0.2) is 60.7 Å². The van der Waals surface area contributed by atoms with Gasteiger partial charge in [0.05, 0.1) is 18.1 Å². The quantitative estimate of drug-likeness (QED) is 0.927. The third kappa shape index (κ3) is 4.14. The minimum Gasteiger partial charge on any atom is -0.334 e. The maximum atomic E-state index is 12.7. The molecular weight excluding hydrogens is 324 g/mol. The van der Waals surface area contributed by atoms with E-state index < -0.39 is 9.84 Å². The normalized spacial score (nSPS) is 18.9. The van der Waals surface area contributed by atoms with Crippen molar-refractivity contribution in [3.63, 3.8) is 0 Å². The first-order valence-electron chi connectivity index (χ1n) is 7.91. The Balaban J connectivity index is 1.78. The SMILES string of the molecule is O=C(NC1CCS(=O)(=O)C1)N(Cc1ccccc1)c1ccccc1. The highest BCUT2D eigenvalue weighted by Crippen LogP contribution is 2.18. The Labute approximate surface area is 142 Å². The van der Waals surface area contributed by atoms with Crippen molar-refractivity contribution in [3.05, 3.63) is 66.2 Å². The number of nitrogens with one attached hydrogen (secondary N) is 1. The second-order valence-electron chi connectivity index (χ2n) is 5.96. The lowest BCUT2D eigenvalue weighted by molar-refractivity contribution is 0.243. The first kappa shape index (κ1) is 16.5. The summed E-state index contributed by atoms with van der Waals surface area (Å²) in [5.74, 6) is 0.161. The highest BCUT2D eigenvalue weighted by atomic mass is 32.2. The predicted octanol–water partition coefficient (Wildman–Crippen LogP) is 2.59. The third-order valence-electron chi connectivity index (χ3n) is 4.06. The number of nitrogens with zero attached hydrogens (tertiary/aromatic N) is 1. The Bertz CT molecular complexity index is 792. The Morgan fingerprint density at radius 3 is 2.25 bits per heavy atom. The molecule has 1 atom stereocenters. The molecule has 3 rings (SSSR count). The minimum absolute atomic E-state index is 0.0205. The second-order valence-corrected chi connectivity index (χ2v) is 8.19. The number of benzene rings is 2.